The van der Waals surface area contributed by atoms with Gasteiger partial charge in [0, 0.05) is 54.8 Å². The van der Waals surface area contributed by atoms with Crippen molar-refractivity contribution in [2.75, 3.05) is 0 Å². The van der Waals surface area contributed by atoms with E-state index in [1.54, 1.807) is 12.3 Å². The quantitative estimate of drug-likeness (QED) is 0.0604. The number of allylic oxidation sites excluding steroid dienone is 2. The van der Waals surface area contributed by atoms with E-state index in [-0.39, 0.29) is 48.7 Å². The van der Waals surface area contributed by atoms with Crippen molar-refractivity contribution in [1.82, 2.24) is 4.98 Å². The minimum absolute atomic E-state index is 0. The molecule has 0 aliphatic heterocycles. The fourth-order valence-electron chi connectivity index (χ4n) is 5.77. The van der Waals surface area contributed by atoms with Crippen LogP contribution in [0.2, 0.25) is 19.6 Å². The van der Waals surface area contributed by atoms with Gasteiger partial charge in [0.25, 0.3) is 0 Å². The standard InChI is InChI=1S/C24H22F2NSi.C13H24O2.Ir/c1-14-10-15(2)12-16(11-14)23-19-7-6-18-20(17(19)8-9-27-23)13-21(25)24(22(18)26)28(3,4)5;1-5-10(6-2)12(14)9-13(15)11(7-3)8-4;/h6-11,13H,1-5H3;9-11,14H,5-8H2,1-4H3;/q-1;;/b;12-9-;. The van der Waals surface area contributed by atoms with E-state index >= 15 is 4.39 Å². The molecule has 1 N–H and O–H groups in total. The van der Waals surface area contributed by atoms with Gasteiger partial charge in [-0.25, -0.2) is 8.78 Å². The maximum atomic E-state index is 15.3. The van der Waals surface area contributed by atoms with Crippen molar-refractivity contribution in [3.8, 4) is 11.3 Å². The molecule has 0 atom stereocenters. The predicted octanol–water partition coefficient (Wildman–Crippen LogP) is 10.2. The summed E-state index contributed by atoms with van der Waals surface area (Å²) in [6, 6.07) is 14.4. The van der Waals surface area contributed by atoms with E-state index in [1.807, 2.05) is 79.4 Å². The van der Waals surface area contributed by atoms with Crippen molar-refractivity contribution >= 4 is 40.6 Å². The summed E-state index contributed by atoms with van der Waals surface area (Å²) < 4.78 is 30.2. The number of aryl methyl sites for hydroxylation is 2. The van der Waals surface area contributed by atoms with Gasteiger partial charge in [0.2, 0.25) is 0 Å². The molecule has 4 rings (SSSR count). The molecule has 0 unspecified atom stereocenters. The second kappa shape index (κ2) is 16.0. The van der Waals surface area contributed by atoms with Crippen LogP contribution in [0.4, 0.5) is 8.78 Å². The largest absolute Gasteiger partial charge is 0.512 e. The molecular weight excluding hydrogens is 749 g/mol. The van der Waals surface area contributed by atoms with Crippen LogP contribution >= 0.6 is 0 Å². The van der Waals surface area contributed by atoms with E-state index in [2.05, 4.69) is 17.1 Å². The van der Waals surface area contributed by atoms with Crippen LogP contribution in [0.15, 0.2) is 54.4 Å². The summed E-state index contributed by atoms with van der Waals surface area (Å²) in [5, 5.41) is 12.7. The zero-order chi connectivity index (χ0) is 32.1. The molecule has 0 saturated carbocycles. The zero-order valence-electron chi connectivity index (χ0n) is 27.5. The average molecular weight is 795 g/mol. The van der Waals surface area contributed by atoms with Gasteiger partial charge in [-0.1, -0.05) is 73.3 Å². The van der Waals surface area contributed by atoms with Crippen LogP contribution in [0.5, 0.6) is 0 Å². The van der Waals surface area contributed by atoms with Gasteiger partial charge in [0.15, 0.2) is 5.78 Å². The smallest absolute Gasteiger partial charge is 0.162 e. The number of aliphatic hydroxyl groups excluding tert-OH is 1. The Bertz CT molecular complexity index is 1620. The van der Waals surface area contributed by atoms with Crippen LogP contribution < -0.4 is 5.19 Å². The Labute approximate surface area is 276 Å². The van der Waals surface area contributed by atoms with Crippen LogP contribution in [-0.4, -0.2) is 23.9 Å². The number of carbonyl (C=O) groups excluding carboxylic acids is 1. The normalized spacial score (nSPS) is 12.0. The monoisotopic (exact) mass is 795 g/mol. The van der Waals surface area contributed by atoms with Crippen LogP contribution in [0.3, 0.4) is 0 Å². The number of carbonyl (C=O) groups is 1. The molecule has 1 radical (unpaired) electrons. The number of aromatic nitrogens is 1. The summed E-state index contributed by atoms with van der Waals surface area (Å²) in [4.78, 5) is 16.3. The number of rotatable bonds is 9. The Morgan fingerprint density at radius 3 is 2.02 bits per heavy atom. The Morgan fingerprint density at radius 2 is 1.48 bits per heavy atom. The number of aliphatic hydroxyl groups is 1. The first-order chi connectivity index (χ1) is 20.3. The predicted molar refractivity (Wildman–Crippen MR) is 180 cm³/mol. The molecule has 0 amide bonds. The molecule has 7 heteroatoms. The third kappa shape index (κ3) is 8.50. The van der Waals surface area contributed by atoms with Crippen LogP contribution in [0.1, 0.15) is 64.5 Å². The molecule has 0 saturated heterocycles. The number of halogens is 2. The van der Waals surface area contributed by atoms with Gasteiger partial charge >= 0.3 is 0 Å². The van der Waals surface area contributed by atoms with Crippen molar-refractivity contribution in [2.45, 2.75) is 86.9 Å². The molecule has 0 fully saturated rings. The van der Waals surface area contributed by atoms with Crippen molar-refractivity contribution < 1.29 is 38.8 Å². The van der Waals surface area contributed by atoms with Crippen LogP contribution in [-0.2, 0) is 24.9 Å². The number of fused-ring (bicyclic) bond motifs is 3. The second-order valence-corrected chi connectivity index (χ2v) is 17.5. The summed E-state index contributed by atoms with van der Waals surface area (Å²) in [6.45, 7) is 18.0. The molecule has 44 heavy (non-hydrogen) atoms. The Hall–Kier alpha value is -2.73. The molecular formula is C37H46F2IrNO2Si-. The van der Waals surface area contributed by atoms with Crippen molar-refractivity contribution in [3.05, 3.63) is 83.3 Å². The maximum absolute atomic E-state index is 15.3. The van der Waals surface area contributed by atoms with Crippen molar-refractivity contribution in [1.29, 1.82) is 0 Å². The number of benzene rings is 3. The molecule has 0 bridgehead atoms. The first-order valence-corrected chi connectivity index (χ1v) is 18.9. The van der Waals surface area contributed by atoms with Gasteiger partial charge in [-0.05, 0) is 59.7 Å². The summed E-state index contributed by atoms with van der Waals surface area (Å²) in [6.07, 6.45) is 6.61. The number of nitrogens with zero attached hydrogens (tertiary/aromatic N) is 1. The van der Waals surface area contributed by atoms with Gasteiger partial charge in [0.1, 0.15) is 11.6 Å². The molecule has 0 aliphatic carbocycles. The Balaban J connectivity index is 0.000000363. The molecule has 4 aromatic rings. The van der Waals surface area contributed by atoms with Gasteiger partial charge in [-0.3, -0.25) is 4.79 Å². The first kappa shape index (κ1) is 37.5. The number of ketones is 1. The summed E-state index contributed by atoms with van der Waals surface area (Å²) in [5.41, 5.74) is 3.83. The van der Waals surface area contributed by atoms with Gasteiger partial charge < -0.3 is 10.1 Å². The van der Waals surface area contributed by atoms with E-state index in [1.165, 1.54) is 12.1 Å². The molecule has 0 spiro atoms. The minimum Gasteiger partial charge on any atom is -0.512 e. The number of hydrogen-bond acceptors (Lipinski definition) is 3. The molecule has 0 aliphatic rings. The second-order valence-electron chi connectivity index (χ2n) is 12.5. The zero-order valence-corrected chi connectivity index (χ0v) is 30.9. The molecule has 1 heterocycles. The number of pyridine rings is 1. The summed E-state index contributed by atoms with van der Waals surface area (Å²) >= 11 is 0. The van der Waals surface area contributed by atoms with Crippen molar-refractivity contribution in [3.63, 3.8) is 0 Å². The van der Waals surface area contributed by atoms with Gasteiger partial charge in [0.05, 0.1) is 13.8 Å². The van der Waals surface area contributed by atoms with Crippen molar-refractivity contribution in [2.24, 2.45) is 11.8 Å². The Morgan fingerprint density at radius 1 is 0.886 bits per heavy atom. The topological polar surface area (TPSA) is 50.2 Å². The summed E-state index contributed by atoms with van der Waals surface area (Å²) in [5.74, 6) is -0.327. The van der Waals surface area contributed by atoms with E-state index in [0.29, 0.717) is 10.8 Å². The maximum Gasteiger partial charge on any atom is 0.162 e. The van der Waals surface area contributed by atoms with Gasteiger partial charge in [-0.2, -0.15) is 0 Å². The Kier molecular flexibility index (Phi) is 13.6. The average Bonchev–Trinajstić information content (AvgIpc) is 2.93. The van der Waals surface area contributed by atoms with E-state index in [0.717, 1.165) is 58.8 Å². The fourth-order valence-corrected chi connectivity index (χ4v) is 7.35. The van der Waals surface area contributed by atoms with E-state index in [4.69, 9.17) is 0 Å². The number of hydrogen-bond donors (Lipinski definition) is 1. The first-order valence-electron chi connectivity index (χ1n) is 15.4. The minimum atomic E-state index is -2.15. The fraction of sp³-hybridized carbons (Fsp3) is 0.405. The third-order valence-corrected chi connectivity index (χ3v) is 10.1. The van der Waals surface area contributed by atoms with E-state index in [9.17, 15) is 14.3 Å². The molecule has 3 nitrogen and oxygen atoms in total. The van der Waals surface area contributed by atoms with Crippen LogP contribution in [0.25, 0.3) is 32.8 Å². The van der Waals surface area contributed by atoms with Crippen LogP contribution in [0, 0.1) is 43.4 Å². The van der Waals surface area contributed by atoms with E-state index < -0.39 is 19.7 Å². The molecule has 1 aromatic heterocycles. The van der Waals surface area contributed by atoms with Gasteiger partial charge in [-0.15, -0.1) is 34.9 Å². The molecule has 239 valence electrons. The third-order valence-electron chi connectivity index (χ3n) is 8.19. The summed E-state index contributed by atoms with van der Waals surface area (Å²) in [7, 11) is -2.15. The SMILES string of the molecule is CCC(CC)C(=O)/C=C(\O)C(CC)CC.Cc1[c-]c(-c2nccc3c2ccc2c(F)c([Si](C)(C)C)c(F)cc23)cc(C)c1.[Ir]. The molecule has 3 aromatic carbocycles.